The fourth-order valence-corrected chi connectivity index (χ4v) is 1.88. The molecule has 1 aromatic carbocycles. The van der Waals surface area contributed by atoms with Crippen molar-refractivity contribution < 1.29 is 13.2 Å². The largest absolute Gasteiger partial charge is 0.492 e. The van der Waals surface area contributed by atoms with Gasteiger partial charge >= 0.3 is 0 Å². The molecule has 0 aliphatic carbocycles. The van der Waals surface area contributed by atoms with E-state index >= 15 is 0 Å². The van der Waals surface area contributed by atoms with Crippen molar-refractivity contribution in [2.24, 2.45) is 0 Å². The molecule has 1 aromatic rings. The minimum absolute atomic E-state index is 0.0919. The molecule has 0 aliphatic heterocycles. The maximum absolute atomic E-state index is 11.0. The number of para-hydroxylation sites is 1. The predicted octanol–water partition coefficient (Wildman–Crippen LogP) is 1.34. The molecule has 1 rings (SSSR count). The molecular formula is C9H12BrNO3S. The van der Waals surface area contributed by atoms with Gasteiger partial charge in [0.15, 0.2) is 0 Å². The van der Waals surface area contributed by atoms with Crippen molar-refractivity contribution in [1.29, 1.82) is 0 Å². The molecule has 84 valence electrons. The first-order valence-corrected chi connectivity index (χ1v) is 7.12. The molecule has 0 aromatic heterocycles. The molecule has 0 amide bonds. The van der Waals surface area contributed by atoms with Gasteiger partial charge in [-0.3, -0.25) is 0 Å². The number of halogens is 1. The summed E-state index contributed by atoms with van der Waals surface area (Å²) in [5, 5.41) is 0. The van der Waals surface area contributed by atoms with E-state index < -0.39 is 10.0 Å². The van der Waals surface area contributed by atoms with Gasteiger partial charge in [-0.25, -0.2) is 13.1 Å². The molecular weight excluding hydrogens is 282 g/mol. The van der Waals surface area contributed by atoms with Crippen LogP contribution in [-0.4, -0.2) is 26.2 Å². The summed E-state index contributed by atoms with van der Waals surface area (Å²) in [5.74, 6) is 0.732. The van der Waals surface area contributed by atoms with Crippen molar-refractivity contribution >= 4 is 26.0 Å². The topological polar surface area (TPSA) is 55.4 Å². The molecule has 1 N–H and O–H groups in total. The summed E-state index contributed by atoms with van der Waals surface area (Å²) in [4.78, 5) is 0. The maximum atomic E-state index is 11.0. The van der Waals surface area contributed by atoms with E-state index in [0.29, 0.717) is 6.61 Å². The molecule has 0 bridgehead atoms. The SMILES string of the molecule is O=S(=O)(CBr)NCCOc1ccccc1. The van der Waals surface area contributed by atoms with Gasteiger partial charge < -0.3 is 4.74 Å². The predicted molar refractivity (Wildman–Crippen MR) is 62.7 cm³/mol. The third kappa shape index (κ3) is 5.15. The van der Waals surface area contributed by atoms with Crippen molar-refractivity contribution in [2.75, 3.05) is 17.8 Å². The van der Waals surface area contributed by atoms with Gasteiger partial charge in [0.1, 0.15) is 17.0 Å². The zero-order valence-electron chi connectivity index (χ0n) is 8.02. The van der Waals surface area contributed by atoms with Crippen LogP contribution in [0.5, 0.6) is 5.75 Å². The average molecular weight is 294 g/mol. The van der Waals surface area contributed by atoms with Gasteiger partial charge in [-0.1, -0.05) is 34.1 Å². The van der Waals surface area contributed by atoms with Crippen LogP contribution in [0.2, 0.25) is 0 Å². The lowest BCUT2D eigenvalue weighted by atomic mass is 10.3. The molecule has 6 heteroatoms. The standard InChI is InChI=1S/C9H12BrNO3S/c10-8-15(12,13)11-6-7-14-9-4-2-1-3-5-9/h1-5,11H,6-8H2. The highest BCUT2D eigenvalue weighted by Gasteiger charge is 2.05. The van der Waals surface area contributed by atoms with E-state index in [0.717, 1.165) is 5.75 Å². The monoisotopic (exact) mass is 293 g/mol. The van der Waals surface area contributed by atoms with Gasteiger partial charge in [-0.05, 0) is 12.1 Å². The minimum Gasteiger partial charge on any atom is -0.492 e. The minimum atomic E-state index is -3.19. The summed E-state index contributed by atoms with van der Waals surface area (Å²) in [6, 6.07) is 9.24. The van der Waals surface area contributed by atoms with Crippen molar-refractivity contribution in [1.82, 2.24) is 4.72 Å². The van der Waals surface area contributed by atoms with Crippen LogP contribution >= 0.6 is 15.9 Å². The van der Waals surface area contributed by atoms with Gasteiger partial charge in [-0.2, -0.15) is 0 Å². The number of ether oxygens (including phenoxy) is 1. The van der Waals surface area contributed by atoms with E-state index in [1.165, 1.54) is 0 Å². The number of benzene rings is 1. The molecule has 15 heavy (non-hydrogen) atoms. The van der Waals surface area contributed by atoms with E-state index in [2.05, 4.69) is 20.7 Å². The van der Waals surface area contributed by atoms with Crippen LogP contribution in [0.4, 0.5) is 0 Å². The Morgan fingerprint density at radius 3 is 2.53 bits per heavy atom. The molecule has 4 nitrogen and oxygen atoms in total. The number of hydrogen-bond acceptors (Lipinski definition) is 3. The normalized spacial score (nSPS) is 11.3. The molecule has 0 saturated heterocycles. The fourth-order valence-electron chi connectivity index (χ4n) is 0.921. The van der Waals surface area contributed by atoms with Crippen LogP contribution < -0.4 is 9.46 Å². The number of hydrogen-bond donors (Lipinski definition) is 1. The quantitative estimate of drug-likeness (QED) is 0.636. The van der Waals surface area contributed by atoms with Gasteiger partial charge in [0.2, 0.25) is 10.0 Å². The van der Waals surface area contributed by atoms with Crippen molar-refractivity contribution in [2.45, 2.75) is 0 Å². The molecule has 0 fully saturated rings. The Bertz CT molecular complexity index is 380. The van der Waals surface area contributed by atoms with Crippen LogP contribution in [0.15, 0.2) is 30.3 Å². The van der Waals surface area contributed by atoms with Crippen LogP contribution in [0.3, 0.4) is 0 Å². The van der Waals surface area contributed by atoms with Crippen LogP contribution in [0.25, 0.3) is 0 Å². The smallest absolute Gasteiger partial charge is 0.221 e. The first-order chi connectivity index (χ1) is 7.14. The number of sulfonamides is 1. The highest BCUT2D eigenvalue weighted by molar-refractivity contribution is 9.10. The second kappa shape index (κ2) is 6.09. The van der Waals surface area contributed by atoms with E-state index in [1.54, 1.807) is 0 Å². The second-order valence-electron chi connectivity index (χ2n) is 2.78. The van der Waals surface area contributed by atoms with Gasteiger partial charge in [0, 0.05) is 6.54 Å². The summed E-state index contributed by atoms with van der Waals surface area (Å²) < 4.78 is 29.6. The highest BCUT2D eigenvalue weighted by Crippen LogP contribution is 2.07. The molecule has 0 atom stereocenters. The fraction of sp³-hybridized carbons (Fsp3) is 0.333. The molecule has 0 radical (unpaired) electrons. The zero-order chi connectivity index (χ0) is 11.1. The summed E-state index contributed by atoms with van der Waals surface area (Å²) in [5.41, 5.74) is 0. The molecule has 0 unspecified atom stereocenters. The van der Waals surface area contributed by atoms with Gasteiger partial charge in [0.05, 0.1) is 0 Å². The Labute approximate surface area is 97.8 Å². The summed E-state index contributed by atoms with van der Waals surface area (Å²) in [6.07, 6.45) is 0. The van der Waals surface area contributed by atoms with E-state index in [1.807, 2.05) is 30.3 Å². The first-order valence-electron chi connectivity index (χ1n) is 4.35. The third-order valence-corrected chi connectivity index (χ3v) is 4.32. The van der Waals surface area contributed by atoms with Crippen molar-refractivity contribution in [3.8, 4) is 5.75 Å². The van der Waals surface area contributed by atoms with Crippen molar-refractivity contribution in [3.05, 3.63) is 30.3 Å². The molecule has 0 spiro atoms. The first kappa shape index (κ1) is 12.5. The van der Waals surface area contributed by atoms with Crippen LogP contribution in [0, 0.1) is 0 Å². The third-order valence-electron chi connectivity index (χ3n) is 1.58. The Balaban J connectivity index is 2.24. The maximum Gasteiger partial charge on any atom is 0.221 e. The van der Waals surface area contributed by atoms with Gasteiger partial charge in [0.25, 0.3) is 0 Å². The molecule has 0 heterocycles. The summed E-state index contributed by atoms with van der Waals surface area (Å²) >= 11 is 2.88. The highest BCUT2D eigenvalue weighted by atomic mass is 79.9. The van der Waals surface area contributed by atoms with Crippen molar-refractivity contribution in [3.63, 3.8) is 0 Å². The van der Waals surface area contributed by atoms with Gasteiger partial charge in [-0.15, -0.1) is 0 Å². The van der Waals surface area contributed by atoms with E-state index in [9.17, 15) is 8.42 Å². The number of alkyl halides is 1. The number of nitrogens with one attached hydrogen (secondary N) is 1. The Morgan fingerprint density at radius 2 is 1.93 bits per heavy atom. The molecule has 0 saturated carbocycles. The Morgan fingerprint density at radius 1 is 1.27 bits per heavy atom. The van der Waals surface area contributed by atoms with Crippen LogP contribution in [0.1, 0.15) is 0 Å². The summed E-state index contributed by atoms with van der Waals surface area (Å²) in [7, 11) is -3.19. The lowest BCUT2D eigenvalue weighted by molar-refractivity contribution is 0.323. The average Bonchev–Trinajstić information content (AvgIpc) is 2.26. The Kier molecular flexibility index (Phi) is 5.07. The number of rotatable bonds is 6. The zero-order valence-corrected chi connectivity index (χ0v) is 10.4. The van der Waals surface area contributed by atoms with E-state index in [4.69, 9.17) is 4.74 Å². The van der Waals surface area contributed by atoms with E-state index in [-0.39, 0.29) is 11.2 Å². The lowest BCUT2D eigenvalue weighted by Crippen LogP contribution is -2.28. The lowest BCUT2D eigenvalue weighted by Gasteiger charge is -2.06. The van der Waals surface area contributed by atoms with Crippen LogP contribution in [-0.2, 0) is 10.0 Å². The Hall–Kier alpha value is -0.590. The summed E-state index contributed by atoms with van der Waals surface area (Å²) in [6.45, 7) is 0.582. The second-order valence-corrected chi connectivity index (χ2v) is 5.89. The molecule has 0 aliphatic rings.